The SMILES string of the molecule is NN(Cc1ccccc1)c1nc(-c2ccc(O)c(O)c2)[nH]c(=O)n1. The zero-order valence-electron chi connectivity index (χ0n) is 12.5. The van der Waals surface area contributed by atoms with Crippen LogP contribution in [0.25, 0.3) is 11.4 Å². The summed E-state index contributed by atoms with van der Waals surface area (Å²) in [5, 5.41) is 20.2. The fourth-order valence-electron chi connectivity index (χ4n) is 2.16. The third-order valence-electron chi connectivity index (χ3n) is 3.34. The Morgan fingerprint density at radius 3 is 2.50 bits per heavy atom. The molecular formula is C16H15N5O3. The van der Waals surface area contributed by atoms with Gasteiger partial charge in [-0.05, 0) is 23.8 Å². The van der Waals surface area contributed by atoms with Crippen molar-refractivity contribution >= 4 is 5.95 Å². The minimum absolute atomic E-state index is 0.0465. The molecular weight excluding hydrogens is 310 g/mol. The summed E-state index contributed by atoms with van der Waals surface area (Å²) >= 11 is 0. The molecule has 8 nitrogen and oxygen atoms in total. The summed E-state index contributed by atoms with van der Waals surface area (Å²) in [5.41, 5.74) is 0.734. The van der Waals surface area contributed by atoms with Gasteiger partial charge < -0.3 is 10.2 Å². The molecule has 0 atom stereocenters. The minimum atomic E-state index is -0.619. The summed E-state index contributed by atoms with van der Waals surface area (Å²) in [6, 6.07) is 13.5. The first-order valence-electron chi connectivity index (χ1n) is 7.10. The van der Waals surface area contributed by atoms with Crippen LogP contribution >= 0.6 is 0 Å². The Morgan fingerprint density at radius 1 is 1.04 bits per heavy atom. The number of hydrazine groups is 1. The van der Waals surface area contributed by atoms with Gasteiger partial charge in [-0.2, -0.15) is 9.97 Å². The van der Waals surface area contributed by atoms with E-state index in [0.29, 0.717) is 12.1 Å². The first kappa shape index (κ1) is 15.5. The van der Waals surface area contributed by atoms with Gasteiger partial charge in [0, 0.05) is 5.56 Å². The normalized spacial score (nSPS) is 10.5. The molecule has 0 saturated carbocycles. The third kappa shape index (κ3) is 3.33. The van der Waals surface area contributed by atoms with E-state index in [0.717, 1.165) is 5.56 Å². The number of aromatic amines is 1. The highest BCUT2D eigenvalue weighted by atomic mass is 16.3. The predicted octanol–water partition coefficient (Wildman–Crippen LogP) is 1.12. The van der Waals surface area contributed by atoms with Crippen molar-refractivity contribution in [3.63, 3.8) is 0 Å². The molecule has 0 saturated heterocycles. The van der Waals surface area contributed by atoms with Crippen LogP contribution in [-0.4, -0.2) is 25.2 Å². The van der Waals surface area contributed by atoms with Crippen LogP contribution in [0.5, 0.6) is 11.5 Å². The number of rotatable bonds is 4. The molecule has 0 radical (unpaired) electrons. The van der Waals surface area contributed by atoms with Crippen LogP contribution < -0.4 is 16.5 Å². The number of phenols is 2. The number of anilines is 1. The second-order valence-corrected chi connectivity index (χ2v) is 5.12. The van der Waals surface area contributed by atoms with Crippen molar-refractivity contribution in [1.29, 1.82) is 0 Å². The summed E-state index contributed by atoms with van der Waals surface area (Å²) < 4.78 is 0. The minimum Gasteiger partial charge on any atom is -0.504 e. The van der Waals surface area contributed by atoms with Crippen LogP contribution in [0.2, 0.25) is 0 Å². The van der Waals surface area contributed by atoms with E-state index >= 15 is 0 Å². The molecule has 1 aromatic heterocycles. The molecule has 0 aliphatic rings. The molecule has 5 N–H and O–H groups in total. The van der Waals surface area contributed by atoms with Crippen LogP contribution in [0.3, 0.4) is 0 Å². The highest BCUT2D eigenvalue weighted by Crippen LogP contribution is 2.28. The van der Waals surface area contributed by atoms with Gasteiger partial charge in [-0.1, -0.05) is 30.3 Å². The van der Waals surface area contributed by atoms with E-state index in [4.69, 9.17) is 5.84 Å². The van der Waals surface area contributed by atoms with E-state index in [1.165, 1.54) is 23.2 Å². The number of hydrogen-bond donors (Lipinski definition) is 4. The number of aromatic nitrogens is 3. The Balaban J connectivity index is 1.93. The van der Waals surface area contributed by atoms with Gasteiger partial charge in [0.15, 0.2) is 11.5 Å². The summed E-state index contributed by atoms with van der Waals surface area (Å²) in [6.45, 7) is 0.324. The topological polar surface area (TPSA) is 128 Å². The number of aromatic hydroxyl groups is 2. The Bertz CT molecular complexity index is 911. The number of nitrogens with one attached hydrogen (secondary N) is 1. The number of hydrogen-bond acceptors (Lipinski definition) is 7. The number of nitrogens with two attached hydrogens (primary N) is 1. The van der Waals surface area contributed by atoms with E-state index in [2.05, 4.69) is 15.0 Å². The van der Waals surface area contributed by atoms with Crippen molar-refractivity contribution in [2.45, 2.75) is 6.54 Å². The summed E-state index contributed by atoms with van der Waals surface area (Å²) in [5.74, 6) is 5.61. The molecule has 0 spiro atoms. The van der Waals surface area contributed by atoms with Crippen LogP contribution in [0.4, 0.5) is 5.95 Å². The maximum absolute atomic E-state index is 11.8. The van der Waals surface area contributed by atoms with Crippen molar-refractivity contribution in [3.05, 3.63) is 64.6 Å². The quantitative estimate of drug-likeness (QED) is 0.321. The van der Waals surface area contributed by atoms with E-state index < -0.39 is 5.69 Å². The summed E-state index contributed by atoms with van der Waals surface area (Å²) in [6.07, 6.45) is 0. The number of nitrogens with zero attached hydrogens (tertiary/aromatic N) is 3. The average molecular weight is 325 g/mol. The van der Waals surface area contributed by atoms with E-state index in [-0.39, 0.29) is 23.3 Å². The highest BCUT2D eigenvalue weighted by Gasteiger charge is 2.12. The van der Waals surface area contributed by atoms with Crippen molar-refractivity contribution < 1.29 is 10.2 Å². The molecule has 1 heterocycles. The lowest BCUT2D eigenvalue weighted by molar-refractivity contribution is 0.404. The van der Waals surface area contributed by atoms with Crippen molar-refractivity contribution in [2.75, 3.05) is 5.01 Å². The van der Waals surface area contributed by atoms with Gasteiger partial charge in [0.1, 0.15) is 5.82 Å². The third-order valence-corrected chi connectivity index (χ3v) is 3.34. The Kier molecular flexibility index (Phi) is 4.13. The highest BCUT2D eigenvalue weighted by molar-refractivity contribution is 5.61. The fraction of sp³-hybridized carbons (Fsp3) is 0.0625. The molecule has 0 bridgehead atoms. The van der Waals surface area contributed by atoms with Gasteiger partial charge in [0.25, 0.3) is 0 Å². The molecule has 24 heavy (non-hydrogen) atoms. The van der Waals surface area contributed by atoms with Crippen LogP contribution in [-0.2, 0) is 6.54 Å². The molecule has 3 rings (SSSR count). The van der Waals surface area contributed by atoms with Crippen molar-refractivity contribution in [3.8, 4) is 22.9 Å². The summed E-state index contributed by atoms with van der Waals surface area (Å²) in [7, 11) is 0. The average Bonchev–Trinajstić information content (AvgIpc) is 2.57. The van der Waals surface area contributed by atoms with Gasteiger partial charge in [0.2, 0.25) is 5.95 Å². The maximum atomic E-state index is 11.8. The van der Waals surface area contributed by atoms with E-state index in [9.17, 15) is 15.0 Å². The van der Waals surface area contributed by atoms with Gasteiger partial charge in [-0.15, -0.1) is 0 Å². The summed E-state index contributed by atoms with van der Waals surface area (Å²) in [4.78, 5) is 22.2. The van der Waals surface area contributed by atoms with Crippen LogP contribution in [0.15, 0.2) is 53.3 Å². The monoisotopic (exact) mass is 325 g/mol. The zero-order valence-corrected chi connectivity index (χ0v) is 12.5. The van der Waals surface area contributed by atoms with Gasteiger partial charge >= 0.3 is 5.69 Å². The molecule has 0 amide bonds. The predicted molar refractivity (Wildman–Crippen MR) is 88.2 cm³/mol. The van der Waals surface area contributed by atoms with Crippen LogP contribution in [0, 0.1) is 0 Å². The Hall–Kier alpha value is -3.39. The first-order chi connectivity index (χ1) is 11.5. The van der Waals surface area contributed by atoms with Gasteiger partial charge in [-0.25, -0.2) is 10.6 Å². The molecule has 0 aliphatic carbocycles. The molecule has 2 aromatic carbocycles. The van der Waals surface area contributed by atoms with E-state index in [1.54, 1.807) is 0 Å². The number of H-pyrrole nitrogens is 1. The first-order valence-corrected chi connectivity index (χ1v) is 7.10. The molecule has 3 aromatic rings. The zero-order chi connectivity index (χ0) is 17.1. The number of phenolic OH excluding ortho intramolecular Hbond substituents is 2. The Labute approximate surface area is 136 Å². The van der Waals surface area contributed by atoms with Crippen LogP contribution in [0.1, 0.15) is 5.56 Å². The van der Waals surface area contributed by atoms with E-state index in [1.807, 2.05) is 30.3 Å². The lowest BCUT2D eigenvalue weighted by Gasteiger charge is -2.16. The van der Waals surface area contributed by atoms with Crippen molar-refractivity contribution in [2.24, 2.45) is 5.84 Å². The molecule has 122 valence electrons. The maximum Gasteiger partial charge on any atom is 0.349 e. The smallest absolute Gasteiger partial charge is 0.349 e. The molecule has 8 heteroatoms. The number of benzene rings is 2. The lowest BCUT2D eigenvalue weighted by atomic mass is 10.2. The molecule has 0 fully saturated rings. The molecule has 0 unspecified atom stereocenters. The fourth-order valence-corrected chi connectivity index (χ4v) is 2.16. The standard InChI is InChI=1S/C16H15N5O3/c17-21(9-10-4-2-1-3-5-10)15-18-14(19-16(24)20-15)11-6-7-12(22)13(23)8-11/h1-8,22-23H,9,17H2,(H,18,19,20,24). The van der Waals surface area contributed by atoms with Crippen molar-refractivity contribution in [1.82, 2.24) is 15.0 Å². The van der Waals surface area contributed by atoms with Gasteiger partial charge in [0.05, 0.1) is 6.54 Å². The second-order valence-electron chi connectivity index (χ2n) is 5.12. The largest absolute Gasteiger partial charge is 0.504 e. The lowest BCUT2D eigenvalue weighted by Crippen LogP contribution is -2.34. The Morgan fingerprint density at radius 2 is 1.79 bits per heavy atom. The molecule has 0 aliphatic heterocycles. The van der Waals surface area contributed by atoms with Gasteiger partial charge in [-0.3, -0.25) is 9.99 Å². The second kappa shape index (κ2) is 6.39.